The largest absolute Gasteiger partial charge is 0.238 e. The van der Waals surface area contributed by atoms with Crippen LogP contribution in [0.15, 0.2) is 33.6 Å². The van der Waals surface area contributed by atoms with Crippen molar-refractivity contribution in [2.24, 2.45) is 10.3 Å². The SMILES string of the molecule is CC1=C2C=CCC1(C)c1cc(S(N)(=O)=O)c2c(S(N)(=O)=O)c1C. The summed E-state index contributed by atoms with van der Waals surface area (Å²) < 4.78 is 48.5. The van der Waals surface area contributed by atoms with Crippen LogP contribution < -0.4 is 10.3 Å². The second-order valence-electron chi connectivity index (χ2n) is 6.32. The van der Waals surface area contributed by atoms with Gasteiger partial charge in [0.25, 0.3) is 0 Å². The van der Waals surface area contributed by atoms with E-state index < -0.39 is 25.5 Å². The van der Waals surface area contributed by atoms with Crippen LogP contribution in [-0.4, -0.2) is 16.8 Å². The fourth-order valence-corrected chi connectivity index (χ4v) is 5.60. The highest BCUT2D eigenvalue weighted by molar-refractivity contribution is 7.90. The lowest BCUT2D eigenvalue weighted by molar-refractivity contribution is 0.558. The van der Waals surface area contributed by atoms with Crippen LogP contribution in [0.25, 0.3) is 5.57 Å². The van der Waals surface area contributed by atoms with Crippen molar-refractivity contribution in [3.05, 3.63) is 40.5 Å². The molecule has 0 saturated carbocycles. The van der Waals surface area contributed by atoms with E-state index in [9.17, 15) is 16.8 Å². The average molecular weight is 354 g/mol. The topological polar surface area (TPSA) is 120 Å². The van der Waals surface area contributed by atoms with Gasteiger partial charge < -0.3 is 0 Å². The van der Waals surface area contributed by atoms with Crippen LogP contribution in [0, 0.1) is 6.92 Å². The molecular formula is C15H18N2O4S2. The molecular weight excluding hydrogens is 336 g/mol. The molecule has 6 nitrogen and oxygen atoms in total. The molecule has 4 bridgehead atoms. The highest BCUT2D eigenvalue weighted by Crippen LogP contribution is 2.51. The lowest BCUT2D eigenvalue weighted by atomic mass is 9.70. The Balaban J connectivity index is 2.68. The van der Waals surface area contributed by atoms with Crippen molar-refractivity contribution in [3.63, 3.8) is 0 Å². The van der Waals surface area contributed by atoms with Crippen LogP contribution in [0.5, 0.6) is 0 Å². The summed E-state index contributed by atoms with van der Waals surface area (Å²) in [6.45, 7) is 5.51. The molecule has 4 rings (SSSR count). The van der Waals surface area contributed by atoms with Crippen LogP contribution in [0.2, 0.25) is 0 Å². The molecule has 1 unspecified atom stereocenters. The molecule has 0 aromatic heterocycles. The summed E-state index contributed by atoms with van der Waals surface area (Å²) in [4.78, 5) is -0.338. The first-order valence-corrected chi connectivity index (χ1v) is 10.1. The number of nitrogens with two attached hydrogens (primary N) is 2. The predicted molar refractivity (Wildman–Crippen MR) is 87.6 cm³/mol. The summed E-state index contributed by atoms with van der Waals surface area (Å²) in [5.41, 5.74) is 2.20. The zero-order valence-electron chi connectivity index (χ0n) is 13.0. The van der Waals surface area contributed by atoms with Crippen molar-refractivity contribution in [1.29, 1.82) is 0 Å². The van der Waals surface area contributed by atoms with Crippen molar-refractivity contribution in [2.45, 2.75) is 42.4 Å². The lowest BCUT2D eigenvalue weighted by Gasteiger charge is -2.33. The van der Waals surface area contributed by atoms with Crippen LogP contribution in [0.4, 0.5) is 0 Å². The molecule has 0 saturated heterocycles. The molecule has 124 valence electrons. The van der Waals surface area contributed by atoms with Gasteiger partial charge in [0.05, 0.1) is 9.79 Å². The summed E-state index contributed by atoms with van der Waals surface area (Å²) in [7, 11) is -8.22. The zero-order valence-corrected chi connectivity index (χ0v) is 14.7. The van der Waals surface area contributed by atoms with Crippen molar-refractivity contribution in [1.82, 2.24) is 0 Å². The Morgan fingerprint density at radius 3 is 2.22 bits per heavy atom. The van der Waals surface area contributed by atoms with E-state index in [1.807, 2.05) is 19.9 Å². The van der Waals surface area contributed by atoms with E-state index in [4.69, 9.17) is 10.3 Å². The normalized spacial score (nSPS) is 23.3. The highest BCUT2D eigenvalue weighted by atomic mass is 32.2. The van der Waals surface area contributed by atoms with Crippen molar-refractivity contribution in [3.8, 4) is 0 Å². The zero-order chi connectivity index (χ0) is 17.4. The van der Waals surface area contributed by atoms with Crippen LogP contribution in [0.1, 0.15) is 37.0 Å². The monoisotopic (exact) mass is 354 g/mol. The van der Waals surface area contributed by atoms with Crippen molar-refractivity contribution < 1.29 is 16.8 Å². The minimum absolute atomic E-state index is 0.0911. The Bertz CT molecular complexity index is 1020. The van der Waals surface area contributed by atoms with E-state index in [1.165, 1.54) is 6.07 Å². The lowest BCUT2D eigenvalue weighted by Crippen LogP contribution is -2.26. The van der Waals surface area contributed by atoms with E-state index in [-0.39, 0.29) is 15.4 Å². The number of hydrogen-bond acceptors (Lipinski definition) is 4. The van der Waals surface area contributed by atoms with Crippen molar-refractivity contribution >= 4 is 25.6 Å². The number of sulfonamides is 2. The molecule has 0 amide bonds. The molecule has 3 aliphatic carbocycles. The summed E-state index contributed by atoms with van der Waals surface area (Å²) in [6, 6.07) is 1.50. The molecule has 1 aromatic carbocycles. The van der Waals surface area contributed by atoms with Gasteiger partial charge in [-0.15, -0.1) is 0 Å². The van der Waals surface area contributed by atoms with Gasteiger partial charge in [0.15, 0.2) is 0 Å². The van der Waals surface area contributed by atoms with Crippen molar-refractivity contribution in [2.75, 3.05) is 0 Å². The Morgan fingerprint density at radius 1 is 1.09 bits per heavy atom. The third kappa shape index (κ3) is 2.13. The van der Waals surface area contributed by atoms with E-state index in [0.717, 1.165) is 5.57 Å². The van der Waals surface area contributed by atoms with Gasteiger partial charge in [-0.2, -0.15) is 0 Å². The van der Waals surface area contributed by atoms with Gasteiger partial charge in [-0.05, 0) is 43.0 Å². The number of hydrogen-bond donors (Lipinski definition) is 2. The standard InChI is InChI=1S/C15H18N2O4S2/c1-8-11-7-12(22(16,18)19)13(14(8)23(17,20)21)10-5-4-6-15(11,3)9(10)2/h4-5,7H,6H2,1-3H3,(H2,16,18,19)(H2,17,20,21). The maximum Gasteiger partial charge on any atom is 0.238 e. The summed E-state index contributed by atoms with van der Waals surface area (Å²) >= 11 is 0. The van der Waals surface area contributed by atoms with E-state index in [2.05, 4.69) is 0 Å². The highest BCUT2D eigenvalue weighted by Gasteiger charge is 2.42. The molecule has 0 fully saturated rings. The molecule has 0 aliphatic heterocycles. The molecule has 3 aliphatic rings. The predicted octanol–water partition coefficient (Wildman–Crippen LogP) is 1.29. The first-order valence-electron chi connectivity index (χ1n) is 7.01. The number of primary sulfonamides is 2. The van der Waals surface area contributed by atoms with Gasteiger partial charge in [0.1, 0.15) is 0 Å². The molecule has 1 atom stereocenters. The van der Waals surface area contributed by atoms with Gasteiger partial charge in [0.2, 0.25) is 20.0 Å². The van der Waals surface area contributed by atoms with Crippen LogP contribution in [-0.2, 0) is 25.5 Å². The second-order valence-corrected chi connectivity index (χ2v) is 9.35. The Kier molecular flexibility index (Phi) is 3.23. The minimum Gasteiger partial charge on any atom is -0.225 e. The van der Waals surface area contributed by atoms with Gasteiger partial charge in [-0.3, -0.25) is 0 Å². The molecule has 4 N–H and O–H groups in total. The minimum atomic E-state index is -4.12. The molecule has 1 aromatic rings. The number of allylic oxidation sites excluding steroid dienone is 4. The maximum absolute atomic E-state index is 12.2. The molecule has 0 radical (unpaired) electrons. The maximum atomic E-state index is 12.2. The first kappa shape index (κ1) is 16.4. The molecule has 23 heavy (non-hydrogen) atoms. The first-order chi connectivity index (χ1) is 10.4. The van der Waals surface area contributed by atoms with E-state index in [0.29, 0.717) is 23.1 Å². The average Bonchev–Trinajstić information content (AvgIpc) is 2.46. The Labute approximate surface area is 136 Å². The van der Waals surface area contributed by atoms with Crippen LogP contribution >= 0.6 is 0 Å². The Morgan fingerprint density at radius 2 is 1.70 bits per heavy atom. The van der Waals surface area contributed by atoms with Gasteiger partial charge in [0, 0.05) is 11.0 Å². The second kappa shape index (κ2) is 4.54. The van der Waals surface area contributed by atoms with Gasteiger partial charge >= 0.3 is 0 Å². The fraction of sp³-hybridized carbons (Fsp3) is 0.333. The summed E-state index contributed by atoms with van der Waals surface area (Å²) in [6.07, 6.45) is 4.31. The number of benzene rings is 1. The van der Waals surface area contributed by atoms with E-state index in [1.54, 1.807) is 13.0 Å². The van der Waals surface area contributed by atoms with Gasteiger partial charge in [-0.1, -0.05) is 24.6 Å². The van der Waals surface area contributed by atoms with E-state index >= 15 is 0 Å². The van der Waals surface area contributed by atoms with Crippen LogP contribution in [0.3, 0.4) is 0 Å². The number of fused-ring (bicyclic) bond motifs is 2. The number of rotatable bonds is 2. The quantitative estimate of drug-likeness (QED) is 0.831. The third-order valence-corrected chi connectivity index (χ3v) is 7.00. The molecule has 0 heterocycles. The Hall–Kier alpha value is -1.48. The molecule has 0 spiro atoms. The van der Waals surface area contributed by atoms with Gasteiger partial charge in [-0.25, -0.2) is 27.1 Å². The fourth-order valence-electron chi connectivity index (χ4n) is 3.71. The molecule has 8 heteroatoms. The third-order valence-electron chi connectivity index (χ3n) is 4.99. The summed E-state index contributed by atoms with van der Waals surface area (Å²) in [5.74, 6) is 0. The summed E-state index contributed by atoms with van der Waals surface area (Å²) in [5, 5.41) is 10.8. The smallest absolute Gasteiger partial charge is 0.225 e.